The number of benzene rings is 2. The van der Waals surface area contributed by atoms with Crippen LogP contribution in [0.5, 0.6) is 0 Å². The van der Waals surface area contributed by atoms with Crippen LogP contribution in [-0.2, 0) is 6.54 Å². The quantitative estimate of drug-likeness (QED) is 0.891. The number of nitrogens with zero attached hydrogens (tertiary/aromatic N) is 1. The van der Waals surface area contributed by atoms with Crippen LogP contribution >= 0.6 is 23.2 Å². The fourth-order valence-corrected chi connectivity index (χ4v) is 2.68. The van der Waals surface area contributed by atoms with Gasteiger partial charge in [-0.1, -0.05) is 41.4 Å². The number of halogens is 2. The summed E-state index contributed by atoms with van der Waals surface area (Å²) >= 11 is 12.3. The fraction of sp³-hybridized carbons (Fsp3) is 0.250. The Morgan fingerprint density at radius 1 is 1.15 bits per heavy atom. The van der Waals surface area contributed by atoms with Gasteiger partial charge in [-0.05, 0) is 42.3 Å². The summed E-state index contributed by atoms with van der Waals surface area (Å²) in [6.45, 7) is 2.70. The SMILES string of the molecule is CC(N)c1ccc(N(C)Cc2cccc(Cl)c2)cc1Cl. The zero-order valence-electron chi connectivity index (χ0n) is 11.6. The van der Waals surface area contributed by atoms with E-state index in [4.69, 9.17) is 28.9 Å². The smallest absolute Gasteiger partial charge is 0.0474 e. The van der Waals surface area contributed by atoms with Gasteiger partial charge in [0.05, 0.1) is 0 Å². The third-order valence-corrected chi connectivity index (χ3v) is 3.79. The first-order valence-corrected chi connectivity index (χ1v) is 7.23. The Bertz CT molecular complexity index is 597. The Kier molecular flexibility index (Phi) is 4.92. The monoisotopic (exact) mass is 308 g/mol. The van der Waals surface area contributed by atoms with Crippen LogP contribution in [0.1, 0.15) is 24.1 Å². The molecule has 0 aliphatic rings. The van der Waals surface area contributed by atoms with E-state index in [2.05, 4.69) is 11.0 Å². The summed E-state index contributed by atoms with van der Waals surface area (Å²) in [5.74, 6) is 0. The van der Waals surface area contributed by atoms with Crippen molar-refractivity contribution in [2.45, 2.75) is 19.5 Å². The molecule has 0 heterocycles. The standard InChI is InChI=1S/C16H18Cl2N2/c1-11(19)15-7-6-14(9-16(15)18)20(2)10-12-4-3-5-13(17)8-12/h3-9,11H,10,19H2,1-2H3. The van der Waals surface area contributed by atoms with Crippen LogP contribution in [0.15, 0.2) is 42.5 Å². The number of rotatable bonds is 4. The average molecular weight is 309 g/mol. The molecule has 0 spiro atoms. The minimum atomic E-state index is -0.0604. The lowest BCUT2D eigenvalue weighted by Gasteiger charge is -2.21. The number of nitrogens with two attached hydrogens (primary N) is 1. The Hall–Kier alpha value is -1.22. The lowest BCUT2D eigenvalue weighted by atomic mass is 10.1. The summed E-state index contributed by atoms with van der Waals surface area (Å²) in [5, 5.41) is 1.46. The normalized spacial score (nSPS) is 12.2. The van der Waals surface area contributed by atoms with Crippen molar-refractivity contribution >= 4 is 28.9 Å². The van der Waals surface area contributed by atoms with Gasteiger partial charge >= 0.3 is 0 Å². The van der Waals surface area contributed by atoms with Gasteiger partial charge in [0.25, 0.3) is 0 Å². The molecule has 2 rings (SSSR count). The first kappa shape index (κ1) is 15.2. The zero-order chi connectivity index (χ0) is 14.7. The van der Waals surface area contributed by atoms with Crippen molar-refractivity contribution in [3.8, 4) is 0 Å². The van der Waals surface area contributed by atoms with E-state index in [0.717, 1.165) is 28.4 Å². The van der Waals surface area contributed by atoms with Crippen LogP contribution in [0.3, 0.4) is 0 Å². The van der Waals surface area contributed by atoms with Gasteiger partial charge in [0, 0.05) is 35.4 Å². The summed E-state index contributed by atoms with van der Waals surface area (Å²) in [4.78, 5) is 2.13. The Balaban J connectivity index is 2.17. The molecule has 0 amide bonds. The van der Waals surface area contributed by atoms with Crippen LogP contribution in [0.25, 0.3) is 0 Å². The molecule has 1 unspecified atom stereocenters. The van der Waals surface area contributed by atoms with Crippen molar-refractivity contribution in [3.05, 3.63) is 63.6 Å². The minimum absolute atomic E-state index is 0.0604. The molecule has 0 aliphatic heterocycles. The van der Waals surface area contributed by atoms with E-state index in [-0.39, 0.29) is 6.04 Å². The van der Waals surface area contributed by atoms with Gasteiger partial charge in [-0.2, -0.15) is 0 Å². The highest BCUT2D eigenvalue weighted by Crippen LogP contribution is 2.27. The van der Waals surface area contributed by atoms with Crippen molar-refractivity contribution in [2.24, 2.45) is 5.73 Å². The lowest BCUT2D eigenvalue weighted by molar-refractivity contribution is 0.817. The second kappa shape index (κ2) is 6.49. The van der Waals surface area contributed by atoms with Crippen LogP contribution in [0.4, 0.5) is 5.69 Å². The molecule has 2 aromatic carbocycles. The lowest BCUT2D eigenvalue weighted by Crippen LogP contribution is -2.16. The predicted octanol–water partition coefficient (Wildman–Crippen LogP) is 4.65. The minimum Gasteiger partial charge on any atom is -0.370 e. The topological polar surface area (TPSA) is 29.3 Å². The van der Waals surface area contributed by atoms with Gasteiger partial charge < -0.3 is 10.6 Å². The summed E-state index contributed by atoms with van der Waals surface area (Å²) in [6, 6.07) is 13.8. The second-order valence-corrected chi connectivity index (χ2v) is 5.82. The van der Waals surface area contributed by atoms with Gasteiger partial charge in [-0.15, -0.1) is 0 Å². The van der Waals surface area contributed by atoms with E-state index in [1.165, 1.54) is 0 Å². The predicted molar refractivity (Wildman–Crippen MR) is 87.6 cm³/mol. The van der Waals surface area contributed by atoms with Gasteiger partial charge in [0.2, 0.25) is 0 Å². The highest BCUT2D eigenvalue weighted by atomic mass is 35.5. The molecule has 0 radical (unpaired) electrons. The molecular formula is C16H18Cl2N2. The highest BCUT2D eigenvalue weighted by molar-refractivity contribution is 6.31. The maximum atomic E-state index is 6.27. The molecule has 0 aliphatic carbocycles. The van der Waals surface area contributed by atoms with Gasteiger partial charge in [-0.25, -0.2) is 0 Å². The third kappa shape index (κ3) is 3.66. The highest BCUT2D eigenvalue weighted by Gasteiger charge is 2.09. The van der Waals surface area contributed by atoms with E-state index in [1.54, 1.807) is 0 Å². The summed E-state index contributed by atoms with van der Waals surface area (Å²) in [5.41, 5.74) is 9.05. The first-order valence-electron chi connectivity index (χ1n) is 6.48. The molecule has 2 aromatic rings. The molecule has 2 N–H and O–H groups in total. The summed E-state index contributed by atoms with van der Waals surface area (Å²) in [7, 11) is 2.03. The first-order chi connectivity index (χ1) is 9.47. The Morgan fingerprint density at radius 2 is 1.90 bits per heavy atom. The van der Waals surface area contributed by atoms with E-state index >= 15 is 0 Å². The van der Waals surface area contributed by atoms with E-state index in [9.17, 15) is 0 Å². The largest absolute Gasteiger partial charge is 0.370 e. The van der Waals surface area contributed by atoms with Crippen molar-refractivity contribution in [3.63, 3.8) is 0 Å². The van der Waals surface area contributed by atoms with E-state index < -0.39 is 0 Å². The summed E-state index contributed by atoms with van der Waals surface area (Å²) in [6.07, 6.45) is 0. The molecule has 0 aromatic heterocycles. The van der Waals surface area contributed by atoms with E-state index in [0.29, 0.717) is 5.02 Å². The maximum Gasteiger partial charge on any atom is 0.0474 e. The third-order valence-electron chi connectivity index (χ3n) is 3.22. The molecule has 2 nitrogen and oxygen atoms in total. The van der Waals surface area contributed by atoms with Crippen molar-refractivity contribution < 1.29 is 0 Å². The molecule has 0 bridgehead atoms. The molecule has 1 atom stereocenters. The molecular weight excluding hydrogens is 291 g/mol. The summed E-state index contributed by atoms with van der Waals surface area (Å²) < 4.78 is 0. The number of anilines is 1. The van der Waals surface area contributed by atoms with Crippen LogP contribution in [0, 0.1) is 0 Å². The molecule has 106 valence electrons. The molecule has 0 fully saturated rings. The Morgan fingerprint density at radius 3 is 2.50 bits per heavy atom. The molecule has 4 heteroatoms. The van der Waals surface area contributed by atoms with Crippen LogP contribution in [-0.4, -0.2) is 7.05 Å². The van der Waals surface area contributed by atoms with Crippen molar-refractivity contribution in [1.29, 1.82) is 0 Å². The van der Waals surface area contributed by atoms with Gasteiger partial charge in [0.15, 0.2) is 0 Å². The number of hydrogen-bond acceptors (Lipinski definition) is 2. The van der Waals surface area contributed by atoms with Crippen LogP contribution < -0.4 is 10.6 Å². The zero-order valence-corrected chi connectivity index (χ0v) is 13.1. The van der Waals surface area contributed by atoms with Crippen molar-refractivity contribution in [1.82, 2.24) is 0 Å². The van der Waals surface area contributed by atoms with Crippen LogP contribution in [0.2, 0.25) is 10.0 Å². The number of hydrogen-bond donors (Lipinski definition) is 1. The van der Waals surface area contributed by atoms with E-state index in [1.807, 2.05) is 50.4 Å². The van der Waals surface area contributed by atoms with Gasteiger partial charge in [0.1, 0.15) is 0 Å². The Labute approximate surface area is 130 Å². The van der Waals surface area contributed by atoms with Gasteiger partial charge in [-0.3, -0.25) is 0 Å². The average Bonchev–Trinajstić information content (AvgIpc) is 2.38. The molecule has 0 saturated heterocycles. The second-order valence-electron chi connectivity index (χ2n) is 4.98. The molecule has 20 heavy (non-hydrogen) atoms. The molecule has 0 saturated carbocycles. The fourth-order valence-electron chi connectivity index (χ4n) is 2.12. The maximum absolute atomic E-state index is 6.27. The van der Waals surface area contributed by atoms with Crippen molar-refractivity contribution in [2.75, 3.05) is 11.9 Å².